The maximum absolute atomic E-state index is 13.7. The largest absolute Gasteiger partial charge is 0.497 e. The summed E-state index contributed by atoms with van der Waals surface area (Å²) in [5.41, 5.74) is 2.81. The standard InChI is InChI=1S/C23H21FN2O2S/c1-27-19-8-6-16-7-9-22(28-2)21(20(16)12-19)10-15-13-25-23(29)26(14-15)18-5-3-4-17(24)11-18/h3-12H,13-14H2,1-2H3,(H,25,29). The Morgan fingerprint density at radius 2 is 1.90 bits per heavy atom. The summed E-state index contributed by atoms with van der Waals surface area (Å²) >= 11 is 5.45. The van der Waals surface area contributed by atoms with Gasteiger partial charge in [0.15, 0.2) is 5.11 Å². The van der Waals surface area contributed by atoms with E-state index in [1.54, 1.807) is 20.3 Å². The van der Waals surface area contributed by atoms with Crippen molar-refractivity contribution < 1.29 is 13.9 Å². The van der Waals surface area contributed by atoms with Crippen LogP contribution in [0, 0.1) is 5.82 Å². The van der Waals surface area contributed by atoms with E-state index in [1.807, 2.05) is 41.3 Å². The number of rotatable bonds is 4. The van der Waals surface area contributed by atoms with Crippen molar-refractivity contribution in [3.63, 3.8) is 0 Å². The zero-order chi connectivity index (χ0) is 20.4. The number of nitrogens with one attached hydrogen (secondary N) is 1. The molecule has 0 aromatic heterocycles. The quantitative estimate of drug-likeness (QED) is 0.629. The van der Waals surface area contributed by atoms with Crippen LogP contribution >= 0.6 is 12.2 Å². The first-order chi connectivity index (χ1) is 14.1. The number of thiocarbonyl (C=S) groups is 1. The van der Waals surface area contributed by atoms with Gasteiger partial charge in [-0.15, -0.1) is 0 Å². The number of methoxy groups -OCH3 is 2. The van der Waals surface area contributed by atoms with Gasteiger partial charge in [0.05, 0.1) is 14.2 Å². The normalized spacial score (nSPS) is 15.5. The topological polar surface area (TPSA) is 33.7 Å². The number of hydrogen-bond donors (Lipinski definition) is 1. The molecule has 4 rings (SSSR count). The highest BCUT2D eigenvalue weighted by Gasteiger charge is 2.20. The molecule has 0 atom stereocenters. The minimum Gasteiger partial charge on any atom is -0.497 e. The Kier molecular flexibility index (Phi) is 5.36. The van der Waals surface area contributed by atoms with Crippen molar-refractivity contribution in [2.24, 2.45) is 0 Å². The Balaban J connectivity index is 1.77. The first-order valence-electron chi connectivity index (χ1n) is 9.24. The van der Waals surface area contributed by atoms with E-state index < -0.39 is 0 Å². The molecular formula is C23H21FN2O2S. The minimum absolute atomic E-state index is 0.288. The van der Waals surface area contributed by atoms with Crippen LogP contribution in [0.5, 0.6) is 11.5 Å². The lowest BCUT2D eigenvalue weighted by Crippen LogP contribution is -2.47. The van der Waals surface area contributed by atoms with Crippen molar-refractivity contribution in [1.82, 2.24) is 5.32 Å². The SMILES string of the molecule is COc1ccc2ccc(OC)c(C=C3CNC(=S)N(c4cccc(F)c4)C3)c2c1. The first kappa shape index (κ1) is 19.2. The van der Waals surface area contributed by atoms with Crippen molar-refractivity contribution in [2.45, 2.75) is 0 Å². The third-order valence-electron chi connectivity index (χ3n) is 4.99. The van der Waals surface area contributed by atoms with Gasteiger partial charge in [-0.2, -0.15) is 0 Å². The molecule has 1 fully saturated rings. The van der Waals surface area contributed by atoms with Crippen LogP contribution in [-0.2, 0) is 0 Å². The lowest BCUT2D eigenvalue weighted by molar-refractivity contribution is 0.413. The molecule has 29 heavy (non-hydrogen) atoms. The number of benzene rings is 3. The molecule has 0 aliphatic carbocycles. The summed E-state index contributed by atoms with van der Waals surface area (Å²) in [6, 6.07) is 16.4. The molecule has 0 saturated carbocycles. The molecule has 1 saturated heterocycles. The van der Waals surface area contributed by atoms with Crippen LogP contribution in [0.4, 0.5) is 10.1 Å². The van der Waals surface area contributed by atoms with Gasteiger partial charge in [0.1, 0.15) is 17.3 Å². The fourth-order valence-electron chi connectivity index (χ4n) is 3.52. The summed E-state index contributed by atoms with van der Waals surface area (Å²) in [4.78, 5) is 1.89. The summed E-state index contributed by atoms with van der Waals surface area (Å²) in [7, 11) is 3.32. The third-order valence-corrected chi connectivity index (χ3v) is 5.36. The van der Waals surface area contributed by atoms with E-state index in [1.165, 1.54) is 12.1 Å². The Hall–Kier alpha value is -3.12. The second-order valence-corrected chi connectivity index (χ2v) is 7.18. The number of ether oxygens (including phenoxy) is 2. The summed E-state index contributed by atoms with van der Waals surface area (Å²) < 4.78 is 24.7. The van der Waals surface area contributed by atoms with Gasteiger partial charge in [-0.05, 0) is 71.0 Å². The second-order valence-electron chi connectivity index (χ2n) is 6.80. The summed E-state index contributed by atoms with van der Waals surface area (Å²) in [6.45, 7) is 1.19. The molecule has 1 aliphatic heterocycles. The summed E-state index contributed by atoms with van der Waals surface area (Å²) in [6.07, 6.45) is 2.11. The highest BCUT2D eigenvalue weighted by molar-refractivity contribution is 7.80. The molecule has 3 aromatic rings. The monoisotopic (exact) mass is 408 g/mol. The molecule has 0 radical (unpaired) electrons. The Labute approximate surface area is 174 Å². The molecule has 0 amide bonds. The van der Waals surface area contributed by atoms with Crippen molar-refractivity contribution in [3.05, 3.63) is 71.6 Å². The van der Waals surface area contributed by atoms with Crippen molar-refractivity contribution >= 4 is 39.9 Å². The van der Waals surface area contributed by atoms with E-state index in [4.69, 9.17) is 21.7 Å². The maximum Gasteiger partial charge on any atom is 0.174 e. The Morgan fingerprint density at radius 3 is 2.66 bits per heavy atom. The lowest BCUT2D eigenvalue weighted by atomic mass is 10.00. The second kappa shape index (κ2) is 8.09. The molecule has 4 nitrogen and oxygen atoms in total. The van der Waals surface area contributed by atoms with Crippen LogP contribution in [0.15, 0.2) is 60.2 Å². The highest BCUT2D eigenvalue weighted by Crippen LogP contribution is 2.33. The number of halogens is 1. The molecule has 0 bridgehead atoms. The predicted molar refractivity (Wildman–Crippen MR) is 119 cm³/mol. The molecule has 1 aliphatic rings. The van der Waals surface area contributed by atoms with E-state index in [9.17, 15) is 4.39 Å². The number of nitrogens with zero attached hydrogens (tertiary/aromatic N) is 1. The van der Waals surface area contributed by atoms with Gasteiger partial charge in [0.2, 0.25) is 0 Å². The number of fused-ring (bicyclic) bond motifs is 1. The van der Waals surface area contributed by atoms with E-state index in [0.717, 1.165) is 39.1 Å². The Bertz CT molecular complexity index is 1110. The summed E-state index contributed by atoms with van der Waals surface area (Å²) in [5, 5.41) is 5.95. The fraction of sp³-hybridized carbons (Fsp3) is 0.174. The van der Waals surface area contributed by atoms with Crippen molar-refractivity contribution in [2.75, 3.05) is 32.2 Å². The molecule has 1 heterocycles. The van der Waals surface area contributed by atoms with Gasteiger partial charge in [0.25, 0.3) is 0 Å². The first-order valence-corrected chi connectivity index (χ1v) is 9.65. The van der Waals surface area contributed by atoms with E-state index in [-0.39, 0.29) is 5.82 Å². The smallest absolute Gasteiger partial charge is 0.174 e. The van der Waals surface area contributed by atoms with Crippen molar-refractivity contribution in [3.8, 4) is 11.5 Å². The molecule has 148 valence electrons. The van der Waals surface area contributed by atoms with Crippen molar-refractivity contribution in [1.29, 1.82) is 0 Å². The molecule has 0 unspecified atom stereocenters. The van der Waals surface area contributed by atoms with Crippen LogP contribution in [0.3, 0.4) is 0 Å². The van der Waals surface area contributed by atoms with Gasteiger partial charge in [-0.3, -0.25) is 0 Å². The summed E-state index contributed by atoms with van der Waals surface area (Å²) in [5.74, 6) is 1.28. The highest BCUT2D eigenvalue weighted by atomic mass is 32.1. The molecular weight excluding hydrogens is 387 g/mol. The number of anilines is 1. The average Bonchev–Trinajstić information content (AvgIpc) is 2.75. The maximum atomic E-state index is 13.7. The fourth-order valence-corrected chi connectivity index (χ4v) is 3.77. The zero-order valence-corrected chi connectivity index (χ0v) is 17.1. The number of hydrogen-bond acceptors (Lipinski definition) is 3. The van der Waals surface area contributed by atoms with Crippen LogP contribution in [0.25, 0.3) is 16.8 Å². The van der Waals surface area contributed by atoms with Gasteiger partial charge < -0.3 is 19.7 Å². The van der Waals surface area contributed by atoms with Crippen LogP contribution in [0.2, 0.25) is 0 Å². The Morgan fingerprint density at radius 1 is 1.07 bits per heavy atom. The molecule has 6 heteroatoms. The molecule has 1 N–H and O–H groups in total. The van der Waals surface area contributed by atoms with E-state index >= 15 is 0 Å². The molecule has 3 aromatic carbocycles. The van der Waals surface area contributed by atoms with Gasteiger partial charge in [-0.1, -0.05) is 18.2 Å². The van der Waals surface area contributed by atoms with E-state index in [2.05, 4.69) is 11.4 Å². The average molecular weight is 408 g/mol. The zero-order valence-electron chi connectivity index (χ0n) is 16.2. The minimum atomic E-state index is -0.288. The van der Waals surface area contributed by atoms with Crippen LogP contribution < -0.4 is 19.7 Å². The van der Waals surface area contributed by atoms with E-state index in [0.29, 0.717) is 18.2 Å². The lowest BCUT2D eigenvalue weighted by Gasteiger charge is -2.32. The van der Waals surface area contributed by atoms with Gasteiger partial charge >= 0.3 is 0 Å². The van der Waals surface area contributed by atoms with Crippen LogP contribution in [-0.4, -0.2) is 32.4 Å². The van der Waals surface area contributed by atoms with Crippen LogP contribution in [0.1, 0.15) is 5.56 Å². The third kappa shape index (κ3) is 3.89. The van der Waals surface area contributed by atoms with Gasteiger partial charge in [-0.25, -0.2) is 4.39 Å². The molecule has 0 spiro atoms. The predicted octanol–water partition coefficient (Wildman–Crippen LogP) is 4.77. The van der Waals surface area contributed by atoms with Gasteiger partial charge in [0, 0.05) is 24.3 Å².